The highest BCUT2D eigenvalue weighted by Gasteiger charge is 2.36. The molecule has 178 valence electrons. The third kappa shape index (κ3) is 6.86. The molecule has 7 nitrogen and oxygen atoms in total. The van der Waals surface area contributed by atoms with Crippen LogP contribution in [0.15, 0.2) is 30.3 Å². The molecule has 0 saturated carbocycles. The van der Waals surface area contributed by atoms with Crippen LogP contribution in [0.3, 0.4) is 0 Å². The first-order chi connectivity index (χ1) is 15.3. The number of amides is 4. The van der Waals surface area contributed by atoms with E-state index in [0.29, 0.717) is 31.7 Å². The molecular weight excluding hydrogens is 428 g/mol. The van der Waals surface area contributed by atoms with E-state index >= 15 is 0 Å². The lowest BCUT2D eigenvalue weighted by Crippen LogP contribution is -2.61. The summed E-state index contributed by atoms with van der Waals surface area (Å²) in [7, 11) is 0. The molecule has 1 aliphatic heterocycles. The van der Waals surface area contributed by atoms with Crippen molar-refractivity contribution in [2.75, 3.05) is 26.2 Å². The van der Waals surface area contributed by atoms with Gasteiger partial charge in [0, 0.05) is 32.2 Å². The molecule has 4 unspecified atom stereocenters. The highest BCUT2D eigenvalue weighted by molar-refractivity contribution is 6.30. The van der Waals surface area contributed by atoms with Crippen molar-refractivity contribution < 1.29 is 14.4 Å². The fourth-order valence-electron chi connectivity index (χ4n) is 3.81. The third-order valence-corrected chi connectivity index (χ3v) is 6.56. The van der Waals surface area contributed by atoms with Crippen molar-refractivity contribution >= 4 is 29.4 Å². The van der Waals surface area contributed by atoms with E-state index in [1.807, 2.05) is 39.0 Å². The Bertz CT molecular complexity index is 761. The quantitative estimate of drug-likeness (QED) is 0.433. The van der Waals surface area contributed by atoms with Gasteiger partial charge in [-0.3, -0.25) is 9.59 Å². The number of piperazine rings is 1. The fraction of sp³-hybridized carbons (Fsp3) is 0.625. The number of nitrogens with zero attached hydrogens (tertiary/aromatic N) is 2. The molecule has 2 rings (SSSR count). The van der Waals surface area contributed by atoms with Crippen LogP contribution in [0, 0.1) is 5.92 Å². The summed E-state index contributed by atoms with van der Waals surface area (Å²) >= 11 is 6.38. The Balaban J connectivity index is 2.02. The van der Waals surface area contributed by atoms with Gasteiger partial charge in [0.15, 0.2) is 0 Å². The number of carbonyl (C=O) groups excluding carboxylic acids is 3. The van der Waals surface area contributed by atoms with Crippen LogP contribution < -0.4 is 10.6 Å². The van der Waals surface area contributed by atoms with Crippen LogP contribution in [-0.2, 0) is 9.59 Å². The molecule has 1 aromatic carbocycles. The summed E-state index contributed by atoms with van der Waals surface area (Å²) in [5, 5.41) is 4.97. The highest BCUT2D eigenvalue weighted by atomic mass is 35.5. The molecule has 1 aromatic rings. The van der Waals surface area contributed by atoms with Crippen LogP contribution in [0.2, 0.25) is 0 Å². The SMILES string of the molecule is CCCCNC(=O)N1CCN(C(=O)C(NC(=O)C(Cl)c2ccccc2)C(C)CC)CC1C. The third-order valence-electron chi connectivity index (χ3n) is 6.11. The number of unbranched alkanes of at least 4 members (excludes halogenated alkanes) is 1. The lowest BCUT2D eigenvalue weighted by atomic mass is 9.96. The monoisotopic (exact) mass is 464 g/mol. The van der Waals surface area contributed by atoms with Gasteiger partial charge in [0.2, 0.25) is 11.8 Å². The van der Waals surface area contributed by atoms with Crippen LogP contribution in [0.1, 0.15) is 57.9 Å². The van der Waals surface area contributed by atoms with Crippen molar-refractivity contribution in [2.24, 2.45) is 5.92 Å². The molecule has 8 heteroatoms. The van der Waals surface area contributed by atoms with Crippen molar-refractivity contribution in [1.29, 1.82) is 0 Å². The number of alkyl halides is 1. The van der Waals surface area contributed by atoms with Crippen molar-refractivity contribution in [3.05, 3.63) is 35.9 Å². The maximum Gasteiger partial charge on any atom is 0.317 e. The van der Waals surface area contributed by atoms with E-state index in [1.54, 1.807) is 21.9 Å². The van der Waals surface area contributed by atoms with Gasteiger partial charge < -0.3 is 20.4 Å². The number of rotatable bonds is 9. The van der Waals surface area contributed by atoms with Crippen molar-refractivity contribution in [2.45, 2.75) is 64.4 Å². The van der Waals surface area contributed by atoms with Gasteiger partial charge in [0.05, 0.1) is 0 Å². The Morgan fingerprint density at radius 1 is 1.16 bits per heavy atom. The van der Waals surface area contributed by atoms with Crippen molar-refractivity contribution in [1.82, 2.24) is 20.4 Å². The number of urea groups is 1. The molecule has 0 bridgehead atoms. The lowest BCUT2D eigenvalue weighted by molar-refractivity contribution is -0.139. The zero-order valence-electron chi connectivity index (χ0n) is 19.6. The normalized spacial score (nSPS) is 19.1. The molecule has 2 N–H and O–H groups in total. The minimum atomic E-state index is -0.863. The van der Waals surface area contributed by atoms with Gasteiger partial charge in [-0.25, -0.2) is 4.79 Å². The minimum absolute atomic E-state index is 0.0447. The van der Waals surface area contributed by atoms with Gasteiger partial charge in [-0.1, -0.05) is 63.9 Å². The van der Waals surface area contributed by atoms with Gasteiger partial charge in [-0.05, 0) is 24.8 Å². The van der Waals surface area contributed by atoms with Gasteiger partial charge >= 0.3 is 6.03 Å². The van der Waals surface area contributed by atoms with Crippen LogP contribution >= 0.6 is 11.6 Å². The van der Waals surface area contributed by atoms with Gasteiger partial charge in [-0.2, -0.15) is 0 Å². The Hall–Kier alpha value is -2.28. The molecule has 0 aliphatic carbocycles. The topological polar surface area (TPSA) is 81.8 Å². The van der Waals surface area contributed by atoms with Crippen LogP contribution in [0.4, 0.5) is 4.79 Å². The van der Waals surface area contributed by atoms with Crippen LogP contribution in [0.5, 0.6) is 0 Å². The Kier molecular flexibility index (Phi) is 10.3. The molecule has 0 radical (unpaired) electrons. The number of benzene rings is 1. The zero-order valence-corrected chi connectivity index (χ0v) is 20.4. The van der Waals surface area contributed by atoms with Crippen molar-refractivity contribution in [3.8, 4) is 0 Å². The molecule has 4 amide bonds. The molecule has 1 fully saturated rings. The fourth-order valence-corrected chi connectivity index (χ4v) is 4.02. The zero-order chi connectivity index (χ0) is 23.7. The summed E-state index contributed by atoms with van der Waals surface area (Å²) in [5.74, 6) is -0.544. The predicted octanol–water partition coefficient (Wildman–Crippen LogP) is 3.54. The maximum absolute atomic E-state index is 13.4. The summed E-state index contributed by atoms with van der Waals surface area (Å²) in [5.41, 5.74) is 0.693. The average Bonchev–Trinajstić information content (AvgIpc) is 2.81. The Labute approximate surface area is 196 Å². The van der Waals surface area contributed by atoms with Gasteiger partial charge in [0.1, 0.15) is 11.4 Å². The molecule has 0 spiro atoms. The molecule has 4 atom stereocenters. The summed E-state index contributed by atoms with van der Waals surface area (Å²) < 4.78 is 0. The number of carbonyl (C=O) groups is 3. The maximum atomic E-state index is 13.4. The number of nitrogens with one attached hydrogen (secondary N) is 2. The summed E-state index contributed by atoms with van der Waals surface area (Å²) in [6.07, 6.45) is 2.71. The van der Waals surface area contributed by atoms with Crippen molar-refractivity contribution in [3.63, 3.8) is 0 Å². The number of hydrogen-bond donors (Lipinski definition) is 2. The first-order valence-corrected chi connectivity index (χ1v) is 12.1. The summed E-state index contributed by atoms with van der Waals surface area (Å²) in [4.78, 5) is 42.2. The highest BCUT2D eigenvalue weighted by Crippen LogP contribution is 2.22. The Morgan fingerprint density at radius 3 is 2.44 bits per heavy atom. The summed E-state index contributed by atoms with van der Waals surface area (Å²) in [6, 6.07) is 8.26. The smallest absolute Gasteiger partial charge is 0.317 e. The average molecular weight is 465 g/mol. The van der Waals surface area contributed by atoms with Crippen LogP contribution in [-0.4, -0.2) is 65.9 Å². The van der Waals surface area contributed by atoms with Gasteiger partial charge in [-0.15, -0.1) is 11.6 Å². The second-order valence-corrected chi connectivity index (χ2v) is 8.99. The minimum Gasteiger partial charge on any atom is -0.342 e. The number of hydrogen-bond acceptors (Lipinski definition) is 3. The van der Waals surface area contributed by atoms with E-state index in [4.69, 9.17) is 11.6 Å². The molecule has 0 aromatic heterocycles. The predicted molar refractivity (Wildman–Crippen MR) is 127 cm³/mol. The van der Waals surface area contributed by atoms with E-state index < -0.39 is 11.4 Å². The molecular formula is C24H37ClN4O3. The van der Waals surface area contributed by atoms with E-state index in [0.717, 1.165) is 19.3 Å². The first-order valence-electron chi connectivity index (χ1n) is 11.6. The molecule has 1 aliphatic rings. The number of halogens is 1. The first kappa shape index (κ1) is 26.0. The molecule has 32 heavy (non-hydrogen) atoms. The lowest BCUT2D eigenvalue weighted by Gasteiger charge is -2.41. The molecule has 1 saturated heterocycles. The van der Waals surface area contributed by atoms with Crippen LogP contribution in [0.25, 0.3) is 0 Å². The van der Waals surface area contributed by atoms with E-state index in [-0.39, 0.29) is 29.8 Å². The van der Waals surface area contributed by atoms with Gasteiger partial charge in [0.25, 0.3) is 0 Å². The second kappa shape index (κ2) is 12.7. The van der Waals surface area contributed by atoms with E-state index in [9.17, 15) is 14.4 Å². The summed E-state index contributed by atoms with van der Waals surface area (Å²) in [6.45, 7) is 9.97. The second-order valence-electron chi connectivity index (χ2n) is 8.56. The standard InChI is InChI=1S/C24H37ClN4O3/c1-5-7-13-26-24(32)29-15-14-28(16-18(29)4)23(31)21(17(3)6-2)27-22(30)20(25)19-11-9-8-10-12-19/h8-12,17-18,20-21H,5-7,13-16H2,1-4H3,(H,26,32)(H,27,30). The van der Waals surface area contributed by atoms with E-state index in [2.05, 4.69) is 17.6 Å². The Morgan fingerprint density at radius 2 is 1.84 bits per heavy atom. The molecule has 1 heterocycles. The largest absolute Gasteiger partial charge is 0.342 e. The van der Waals surface area contributed by atoms with E-state index in [1.165, 1.54) is 0 Å².